The van der Waals surface area contributed by atoms with Gasteiger partial charge in [-0.2, -0.15) is 9.67 Å². The van der Waals surface area contributed by atoms with Crippen LogP contribution in [0.25, 0.3) is 5.70 Å². The molecule has 0 saturated carbocycles. The second-order valence-electron chi connectivity index (χ2n) is 10.7. The van der Waals surface area contributed by atoms with Crippen molar-refractivity contribution >= 4 is 17.5 Å². The van der Waals surface area contributed by atoms with Crippen molar-refractivity contribution in [3.63, 3.8) is 0 Å². The summed E-state index contributed by atoms with van der Waals surface area (Å²) in [5.74, 6) is 1.53. The molecule has 182 valence electrons. The first-order valence-corrected chi connectivity index (χ1v) is 11.7. The van der Waals surface area contributed by atoms with Crippen molar-refractivity contribution in [2.75, 3.05) is 17.7 Å². The molecule has 3 aliphatic rings. The molecule has 2 aromatic heterocycles. The maximum atomic E-state index is 14.7. The molecule has 0 aromatic carbocycles. The highest BCUT2D eigenvalue weighted by molar-refractivity contribution is 5.58. The fourth-order valence-corrected chi connectivity index (χ4v) is 5.33. The number of nitrogens with zero attached hydrogens (tertiary/aromatic N) is 7. The van der Waals surface area contributed by atoms with Crippen molar-refractivity contribution in [1.29, 1.82) is 0 Å². The maximum absolute atomic E-state index is 14.7. The predicted molar refractivity (Wildman–Crippen MR) is 126 cm³/mol. The zero-order valence-corrected chi connectivity index (χ0v) is 20.5. The number of tetrazole rings is 1. The van der Waals surface area contributed by atoms with E-state index < -0.39 is 5.82 Å². The van der Waals surface area contributed by atoms with Gasteiger partial charge in [-0.1, -0.05) is 6.08 Å². The van der Waals surface area contributed by atoms with E-state index in [1.807, 2.05) is 19.1 Å². The topological polar surface area (TPSA) is 106 Å². The third-order valence-electron chi connectivity index (χ3n) is 7.30. The van der Waals surface area contributed by atoms with Crippen LogP contribution in [-0.2, 0) is 4.74 Å². The Hall–Kier alpha value is -3.08. The van der Waals surface area contributed by atoms with E-state index in [4.69, 9.17) is 4.74 Å². The first kappa shape index (κ1) is 22.7. The van der Waals surface area contributed by atoms with Crippen molar-refractivity contribution < 1.29 is 9.13 Å². The van der Waals surface area contributed by atoms with Gasteiger partial charge >= 0.3 is 0 Å². The minimum atomic E-state index is -0.461. The van der Waals surface area contributed by atoms with E-state index in [1.54, 1.807) is 4.68 Å². The van der Waals surface area contributed by atoms with E-state index in [2.05, 4.69) is 75.8 Å². The van der Waals surface area contributed by atoms with E-state index in [-0.39, 0.29) is 35.1 Å². The summed E-state index contributed by atoms with van der Waals surface area (Å²) in [6.45, 7) is 10.8. The van der Waals surface area contributed by atoms with Gasteiger partial charge in [-0.15, -0.1) is 5.10 Å². The lowest BCUT2D eigenvalue weighted by atomic mass is 9.77. The van der Waals surface area contributed by atoms with Crippen LogP contribution in [0.3, 0.4) is 0 Å². The minimum Gasteiger partial charge on any atom is -0.481 e. The monoisotopic (exact) mass is 469 g/mol. The SMILES string of the molecule is CC1OC2=C(CC(Nc3ncc(F)c(NC4CC(C)(C)N(C)C(C)(C)C4)n3)C=C2)n2nnnc21. The highest BCUT2D eigenvalue weighted by atomic mass is 19.1. The summed E-state index contributed by atoms with van der Waals surface area (Å²) in [4.78, 5) is 11.0. The third-order valence-corrected chi connectivity index (χ3v) is 7.30. The van der Waals surface area contributed by atoms with Gasteiger partial charge in [-0.3, -0.25) is 4.90 Å². The molecule has 34 heavy (non-hydrogen) atoms. The molecule has 1 fully saturated rings. The number of hydrogen-bond acceptors (Lipinski definition) is 9. The first-order valence-electron chi connectivity index (χ1n) is 11.7. The van der Waals surface area contributed by atoms with Crippen LogP contribution in [0.2, 0.25) is 0 Å². The Morgan fingerprint density at radius 1 is 1.15 bits per heavy atom. The molecule has 0 amide bonds. The first-order chi connectivity index (χ1) is 16.0. The predicted octanol–water partition coefficient (Wildman–Crippen LogP) is 3.37. The molecule has 0 bridgehead atoms. The van der Waals surface area contributed by atoms with Crippen LogP contribution in [0.5, 0.6) is 0 Å². The van der Waals surface area contributed by atoms with Gasteiger partial charge in [-0.25, -0.2) is 9.37 Å². The molecule has 0 spiro atoms. The van der Waals surface area contributed by atoms with Gasteiger partial charge in [0.2, 0.25) is 5.95 Å². The molecular weight excluding hydrogens is 437 g/mol. The van der Waals surface area contributed by atoms with Gasteiger partial charge in [0.15, 0.2) is 23.6 Å². The quantitative estimate of drug-likeness (QED) is 0.697. The molecular formula is C23H32FN9O. The smallest absolute Gasteiger partial charge is 0.225 e. The molecule has 2 atom stereocenters. The van der Waals surface area contributed by atoms with Gasteiger partial charge in [0.05, 0.1) is 17.9 Å². The number of piperidine rings is 1. The van der Waals surface area contributed by atoms with Crippen molar-refractivity contribution in [3.8, 4) is 0 Å². The van der Waals surface area contributed by atoms with Crippen LogP contribution in [0, 0.1) is 5.82 Å². The molecule has 2 unspecified atom stereocenters. The number of halogens is 1. The third kappa shape index (κ3) is 4.02. The molecule has 2 N–H and O–H groups in total. The second-order valence-corrected chi connectivity index (χ2v) is 10.7. The zero-order chi connectivity index (χ0) is 24.3. The number of rotatable bonds is 4. The Balaban J connectivity index is 1.31. The van der Waals surface area contributed by atoms with E-state index in [0.29, 0.717) is 18.2 Å². The minimum absolute atomic E-state index is 0.0169. The van der Waals surface area contributed by atoms with E-state index >= 15 is 0 Å². The van der Waals surface area contributed by atoms with Crippen LogP contribution >= 0.6 is 0 Å². The lowest BCUT2D eigenvalue weighted by Crippen LogP contribution is -2.61. The largest absolute Gasteiger partial charge is 0.481 e. The van der Waals surface area contributed by atoms with Gasteiger partial charge in [0, 0.05) is 23.5 Å². The fraction of sp³-hybridized carbons (Fsp3) is 0.609. The molecule has 1 saturated heterocycles. The van der Waals surface area contributed by atoms with E-state index in [0.717, 1.165) is 24.3 Å². The Morgan fingerprint density at radius 2 is 1.88 bits per heavy atom. The normalized spacial score (nSPS) is 26.0. The number of fused-ring (bicyclic) bond motifs is 2. The molecule has 4 heterocycles. The average Bonchev–Trinajstić information content (AvgIpc) is 3.26. The number of hydrogen-bond donors (Lipinski definition) is 2. The lowest BCUT2D eigenvalue weighted by molar-refractivity contribution is -0.00778. The van der Waals surface area contributed by atoms with Gasteiger partial charge in [0.25, 0.3) is 0 Å². The zero-order valence-electron chi connectivity index (χ0n) is 20.5. The van der Waals surface area contributed by atoms with E-state index in [9.17, 15) is 4.39 Å². The summed E-state index contributed by atoms with van der Waals surface area (Å²) in [6, 6.07) is -0.0207. The van der Waals surface area contributed by atoms with Crippen molar-refractivity contribution in [1.82, 2.24) is 35.1 Å². The average molecular weight is 470 g/mol. The summed E-state index contributed by atoms with van der Waals surface area (Å²) < 4.78 is 22.3. The van der Waals surface area contributed by atoms with Crippen molar-refractivity contribution in [3.05, 3.63) is 35.7 Å². The Labute approximate surface area is 198 Å². The molecule has 1 aliphatic carbocycles. The summed E-state index contributed by atoms with van der Waals surface area (Å²) in [7, 11) is 2.15. The Morgan fingerprint density at radius 3 is 2.62 bits per heavy atom. The van der Waals surface area contributed by atoms with Crippen LogP contribution in [0.4, 0.5) is 16.2 Å². The highest BCUT2D eigenvalue weighted by Crippen LogP contribution is 2.38. The van der Waals surface area contributed by atoms with Gasteiger partial charge in [0.1, 0.15) is 5.76 Å². The second kappa shape index (κ2) is 8.00. The van der Waals surface area contributed by atoms with Crippen LogP contribution < -0.4 is 10.6 Å². The van der Waals surface area contributed by atoms with Crippen LogP contribution in [0.1, 0.15) is 65.8 Å². The Bertz CT molecular complexity index is 1140. The number of allylic oxidation sites excluding steroid dienone is 1. The summed E-state index contributed by atoms with van der Waals surface area (Å²) in [6.07, 6.45) is 7.24. The number of likely N-dealkylation sites (tertiary alicyclic amines) is 1. The molecule has 2 aromatic rings. The number of aromatic nitrogens is 6. The lowest BCUT2D eigenvalue weighted by Gasteiger charge is -2.53. The summed E-state index contributed by atoms with van der Waals surface area (Å²) in [5, 5.41) is 18.6. The van der Waals surface area contributed by atoms with Crippen molar-refractivity contribution in [2.24, 2.45) is 0 Å². The molecule has 10 nitrogen and oxygen atoms in total. The number of ether oxygens (including phenoxy) is 1. The summed E-state index contributed by atoms with van der Waals surface area (Å²) in [5.41, 5.74) is 0.836. The fourth-order valence-electron chi connectivity index (χ4n) is 5.33. The molecule has 2 aliphatic heterocycles. The number of anilines is 2. The van der Waals surface area contributed by atoms with E-state index in [1.165, 1.54) is 6.20 Å². The van der Waals surface area contributed by atoms with Crippen LogP contribution in [-0.4, -0.2) is 65.3 Å². The van der Waals surface area contributed by atoms with Gasteiger partial charge in [-0.05, 0) is 71.0 Å². The molecule has 0 radical (unpaired) electrons. The van der Waals surface area contributed by atoms with Crippen LogP contribution in [0.15, 0.2) is 24.1 Å². The standard InChI is InChI=1S/C23H32FN9O/c1-13-20-29-30-31-33(20)17-9-14(7-8-18(17)34-13)27-21-25-12-16(24)19(28-21)26-15-10-22(2,3)32(6)23(4,5)11-15/h7-8,12-15H,9-11H2,1-6H3,(H2,25,26,27,28). The maximum Gasteiger partial charge on any atom is 0.225 e. The summed E-state index contributed by atoms with van der Waals surface area (Å²) >= 11 is 0. The molecule has 5 rings (SSSR count). The van der Waals surface area contributed by atoms with Crippen molar-refractivity contribution in [2.45, 2.75) is 83.1 Å². The highest BCUT2D eigenvalue weighted by Gasteiger charge is 2.43. The van der Waals surface area contributed by atoms with Gasteiger partial charge < -0.3 is 15.4 Å². The Kier molecular flexibility index (Phi) is 5.34. The number of nitrogens with one attached hydrogen (secondary N) is 2. The molecule has 11 heteroatoms.